The monoisotopic (exact) mass is 363 g/mol. The molecule has 1 aromatic heterocycles. The van der Waals surface area contributed by atoms with Crippen molar-refractivity contribution >= 4 is 5.82 Å². The molecule has 0 bridgehead atoms. The number of halogens is 1. The maximum absolute atomic E-state index is 14.2. The summed E-state index contributed by atoms with van der Waals surface area (Å²) < 4.78 is 25.1. The number of rotatable bonds is 5. The van der Waals surface area contributed by atoms with Crippen LogP contribution in [-0.4, -0.2) is 18.7 Å². The van der Waals surface area contributed by atoms with Crippen LogP contribution in [0.1, 0.15) is 12.5 Å². The first-order valence-electron chi connectivity index (χ1n) is 8.35. The lowest BCUT2D eigenvalue weighted by Crippen LogP contribution is -2.01. The van der Waals surface area contributed by atoms with Gasteiger partial charge in [-0.1, -0.05) is 18.2 Å². The van der Waals surface area contributed by atoms with Gasteiger partial charge in [0.2, 0.25) is 0 Å². The third kappa shape index (κ3) is 3.53. The molecule has 0 saturated heterocycles. The quantitative estimate of drug-likeness (QED) is 0.726. The van der Waals surface area contributed by atoms with E-state index in [1.54, 1.807) is 49.6 Å². The van der Waals surface area contributed by atoms with E-state index in [2.05, 4.69) is 11.1 Å². The molecule has 1 heterocycles. The van der Waals surface area contributed by atoms with Crippen molar-refractivity contribution in [3.8, 4) is 40.0 Å². The number of methoxy groups -OCH3 is 1. The van der Waals surface area contributed by atoms with Crippen molar-refractivity contribution in [2.75, 3.05) is 19.5 Å². The molecule has 0 aliphatic carbocycles. The van der Waals surface area contributed by atoms with Gasteiger partial charge < -0.3 is 15.2 Å². The van der Waals surface area contributed by atoms with E-state index in [-0.39, 0.29) is 11.4 Å². The highest BCUT2D eigenvalue weighted by Gasteiger charge is 2.16. The standard InChI is InChI=1S/C21H18FN3O2/c1-3-27-19-9-8-13(10-20(19)26-2)15-11-18(25-21(24)16(15)12-23)14-6-4-5-7-17(14)22/h4-11H,3H2,1-2H3,(H2,24,25). The van der Waals surface area contributed by atoms with Crippen molar-refractivity contribution in [3.05, 3.63) is 59.9 Å². The molecule has 3 rings (SSSR count). The molecule has 0 radical (unpaired) electrons. The average molecular weight is 363 g/mol. The number of anilines is 1. The van der Waals surface area contributed by atoms with Crippen LogP contribution in [0.3, 0.4) is 0 Å². The Kier molecular flexibility index (Phi) is 5.23. The van der Waals surface area contributed by atoms with Crippen molar-refractivity contribution in [2.45, 2.75) is 6.92 Å². The van der Waals surface area contributed by atoms with Crippen LogP contribution < -0.4 is 15.2 Å². The highest BCUT2D eigenvalue weighted by atomic mass is 19.1. The summed E-state index contributed by atoms with van der Waals surface area (Å²) in [6, 6.07) is 15.3. The molecule has 27 heavy (non-hydrogen) atoms. The van der Waals surface area contributed by atoms with Gasteiger partial charge in [0.25, 0.3) is 0 Å². The van der Waals surface area contributed by atoms with E-state index < -0.39 is 5.82 Å². The molecule has 2 N–H and O–H groups in total. The number of hydrogen-bond donors (Lipinski definition) is 1. The molecule has 0 atom stereocenters. The molecule has 0 spiro atoms. The summed E-state index contributed by atoms with van der Waals surface area (Å²) in [5, 5.41) is 9.54. The smallest absolute Gasteiger partial charge is 0.161 e. The summed E-state index contributed by atoms with van der Waals surface area (Å²) in [7, 11) is 1.54. The highest BCUT2D eigenvalue weighted by Crippen LogP contribution is 2.36. The first-order chi connectivity index (χ1) is 13.1. The van der Waals surface area contributed by atoms with Crippen molar-refractivity contribution in [3.63, 3.8) is 0 Å². The number of nitrogen functional groups attached to an aromatic ring is 1. The minimum atomic E-state index is -0.413. The molecular formula is C21H18FN3O2. The molecule has 0 aliphatic heterocycles. The summed E-state index contributed by atoms with van der Waals surface area (Å²) in [5.74, 6) is 0.755. The van der Waals surface area contributed by atoms with E-state index in [1.807, 2.05) is 6.92 Å². The Hall–Kier alpha value is -3.59. The zero-order chi connectivity index (χ0) is 19.4. The third-order valence-corrected chi connectivity index (χ3v) is 4.08. The lowest BCUT2D eigenvalue weighted by atomic mass is 9.98. The van der Waals surface area contributed by atoms with Gasteiger partial charge in [-0.3, -0.25) is 0 Å². The number of nitriles is 1. The van der Waals surface area contributed by atoms with E-state index in [4.69, 9.17) is 15.2 Å². The van der Waals surface area contributed by atoms with Crippen molar-refractivity contribution < 1.29 is 13.9 Å². The van der Waals surface area contributed by atoms with Gasteiger partial charge in [-0.25, -0.2) is 9.37 Å². The highest BCUT2D eigenvalue weighted by molar-refractivity contribution is 5.81. The van der Waals surface area contributed by atoms with Crippen LogP contribution >= 0.6 is 0 Å². The number of ether oxygens (including phenoxy) is 2. The topological polar surface area (TPSA) is 81.2 Å². The van der Waals surface area contributed by atoms with E-state index in [1.165, 1.54) is 6.07 Å². The van der Waals surface area contributed by atoms with Gasteiger partial charge in [0.15, 0.2) is 11.5 Å². The summed E-state index contributed by atoms with van der Waals surface area (Å²) in [6.07, 6.45) is 0. The zero-order valence-corrected chi connectivity index (χ0v) is 15.0. The lowest BCUT2D eigenvalue weighted by Gasteiger charge is -2.14. The second kappa shape index (κ2) is 7.75. The predicted octanol–water partition coefficient (Wildman–Crippen LogP) is 4.42. The number of pyridine rings is 1. The summed E-state index contributed by atoms with van der Waals surface area (Å²) in [5.41, 5.74) is 8.12. The number of benzene rings is 2. The van der Waals surface area contributed by atoms with Crippen molar-refractivity contribution in [1.82, 2.24) is 4.98 Å². The SMILES string of the molecule is CCOc1ccc(-c2cc(-c3ccccc3F)nc(N)c2C#N)cc1OC. The number of nitrogens with two attached hydrogens (primary N) is 1. The summed E-state index contributed by atoms with van der Waals surface area (Å²) >= 11 is 0. The van der Waals surface area contributed by atoms with E-state index in [0.29, 0.717) is 40.5 Å². The maximum atomic E-state index is 14.2. The van der Waals surface area contributed by atoms with Gasteiger partial charge in [-0.15, -0.1) is 0 Å². The van der Waals surface area contributed by atoms with Crippen molar-refractivity contribution in [2.24, 2.45) is 0 Å². The van der Waals surface area contributed by atoms with Gasteiger partial charge >= 0.3 is 0 Å². The predicted molar refractivity (Wildman–Crippen MR) is 102 cm³/mol. The lowest BCUT2D eigenvalue weighted by molar-refractivity contribution is 0.311. The van der Waals surface area contributed by atoms with Crippen LogP contribution in [0.15, 0.2) is 48.5 Å². The number of nitrogens with zero attached hydrogens (tertiary/aromatic N) is 2. The minimum Gasteiger partial charge on any atom is -0.493 e. The molecule has 0 saturated carbocycles. The van der Waals surface area contributed by atoms with E-state index in [0.717, 1.165) is 0 Å². The van der Waals surface area contributed by atoms with Crippen molar-refractivity contribution in [1.29, 1.82) is 5.26 Å². The summed E-state index contributed by atoms with van der Waals surface area (Å²) in [4.78, 5) is 4.21. The van der Waals surface area contributed by atoms with Gasteiger partial charge in [-0.05, 0) is 42.8 Å². The van der Waals surface area contributed by atoms with Crippen LogP contribution in [0.2, 0.25) is 0 Å². The molecule has 2 aromatic carbocycles. The molecule has 5 nitrogen and oxygen atoms in total. The Morgan fingerprint density at radius 3 is 2.56 bits per heavy atom. The summed E-state index contributed by atoms with van der Waals surface area (Å²) in [6.45, 7) is 2.38. The van der Waals surface area contributed by atoms with Crippen LogP contribution in [0.4, 0.5) is 10.2 Å². The largest absolute Gasteiger partial charge is 0.493 e. The van der Waals surface area contributed by atoms with E-state index >= 15 is 0 Å². The Bertz CT molecular complexity index is 1030. The number of aromatic nitrogens is 1. The molecule has 6 heteroatoms. The second-order valence-electron chi connectivity index (χ2n) is 5.71. The van der Waals surface area contributed by atoms with Crippen LogP contribution in [0.25, 0.3) is 22.4 Å². The fourth-order valence-electron chi connectivity index (χ4n) is 2.83. The third-order valence-electron chi connectivity index (χ3n) is 4.08. The average Bonchev–Trinajstić information content (AvgIpc) is 2.68. The molecule has 3 aromatic rings. The zero-order valence-electron chi connectivity index (χ0n) is 15.0. The molecule has 136 valence electrons. The minimum absolute atomic E-state index is 0.0427. The number of hydrogen-bond acceptors (Lipinski definition) is 5. The Balaban J connectivity index is 2.20. The maximum Gasteiger partial charge on any atom is 0.161 e. The fraction of sp³-hybridized carbons (Fsp3) is 0.143. The van der Waals surface area contributed by atoms with Crippen LogP contribution in [0, 0.1) is 17.1 Å². The normalized spacial score (nSPS) is 10.3. The Morgan fingerprint density at radius 2 is 1.89 bits per heavy atom. The molecule has 0 amide bonds. The molecule has 0 unspecified atom stereocenters. The molecule has 0 fully saturated rings. The Labute approximate surface area is 156 Å². The second-order valence-corrected chi connectivity index (χ2v) is 5.71. The molecule has 0 aliphatic rings. The van der Waals surface area contributed by atoms with Gasteiger partial charge in [-0.2, -0.15) is 5.26 Å². The van der Waals surface area contributed by atoms with Gasteiger partial charge in [0, 0.05) is 11.1 Å². The van der Waals surface area contributed by atoms with Crippen LogP contribution in [0.5, 0.6) is 11.5 Å². The fourth-order valence-corrected chi connectivity index (χ4v) is 2.83. The Morgan fingerprint density at radius 1 is 1.11 bits per heavy atom. The van der Waals surface area contributed by atoms with Gasteiger partial charge in [0.05, 0.1) is 19.4 Å². The van der Waals surface area contributed by atoms with E-state index in [9.17, 15) is 9.65 Å². The molecular weight excluding hydrogens is 345 g/mol. The van der Waals surface area contributed by atoms with Crippen LogP contribution in [-0.2, 0) is 0 Å². The first kappa shape index (κ1) is 18.2. The van der Waals surface area contributed by atoms with Gasteiger partial charge in [0.1, 0.15) is 23.3 Å². The first-order valence-corrected chi connectivity index (χ1v) is 8.35.